The zero-order chi connectivity index (χ0) is 21.8. The molecule has 2 bridgehead atoms. The molecule has 0 radical (unpaired) electrons. The third-order valence-electron chi connectivity index (χ3n) is 6.40. The van der Waals surface area contributed by atoms with Gasteiger partial charge in [-0.25, -0.2) is 8.70 Å². The number of fused-ring (bicyclic) bond motifs is 2. The molecule has 0 aromatic heterocycles. The fraction of sp³-hybridized carbons (Fsp3) is 0.696. The number of nitrogens with one attached hydrogen (secondary N) is 1. The van der Waals surface area contributed by atoms with Crippen LogP contribution in [0.25, 0.3) is 0 Å². The van der Waals surface area contributed by atoms with Crippen molar-refractivity contribution >= 4 is 18.2 Å². The number of aliphatic hydroxyl groups is 1. The minimum Gasteiger partial charge on any atom is -0.390 e. The van der Waals surface area contributed by atoms with Crippen LogP contribution in [0.2, 0.25) is 0 Å². The summed E-state index contributed by atoms with van der Waals surface area (Å²) >= 11 is 1.23. The summed E-state index contributed by atoms with van der Waals surface area (Å²) in [7, 11) is 3.83. The average molecular weight is 425 g/mol. The molecule has 0 amide bonds. The van der Waals surface area contributed by atoms with E-state index in [1.807, 2.05) is 6.92 Å². The topological polar surface area (TPSA) is 52.6 Å². The molecule has 0 saturated heterocycles. The van der Waals surface area contributed by atoms with Gasteiger partial charge < -0.3 is 15.2 Å². The van der Waals surface area contributed by atoms with Crippen LogP contribution < -0.4 is 5.32 Å². The number of hydrogen-bond donors (Lipinski definition) is 2. The van der Waals surface area contributed by atoms with Gasteiger partial charge in [0.25, 0.3) is 0 Å². The molecule has 0 spiro atoms. The largest absolute Gasteiger partial charge is 0.390 e. The summed E-state index contributed by atoms with van der Waals surface area (Å²) in [6.07, 6.45) is 5.47. The Hall–Kier alpha value is -0.950. The zero-order valence-electron chi connectivity index (χ0n) is 18.6. The predicted molar refractivity (Wildman–Crippen MR) is 118 cm³/mol. The molecule has 4 nitrogen and oxygen atoms in total. The summed E-state index contributed by atoms with van der Waals surface area (Å²) in [5, 5.41) is 13.6. The lowest BCUT2D eigenvalue weighted by atomic mass is 9.61. The molecular weight excluding hydrogens is 387 g/mol. The van der Waals surface area contributed by atoms with E-state index in [0.717, 1.165) is 31.0 Å². The summed E-state index contributed by atoms with van der Waals surface area (Å²) in [4.78, 5) is 11.3. The highest BCUT2D eigenvalue weighted by molar-refractivity contribution is 7.97. The maximum absolute atomic E-state index is 13.3. The Morgan fingerprint density at radius 2 is 1.97 bits per heavy atom. The highest BCUT2D eigenvalue weighted by atomic mass is 32.2. The molecule has 2 aliphatic carbocycles. The summed E-state index contributed by atoms with van der Waals surface area (Å²) in [5.74, 6) is 1.97. The lowest BCUT2D eigenvalue weighted by Gasteiger charge is -2.49. The Morgan fingerprint density at radius 3 is 2.55 bits per heavy atom. The van der Waals surface area contributed by atoms with Crippen molar-refractivity contribution in [1.29, 1.82) is 0 Å². The molecule has 1 aromatic rings. The van der Waals surface area contributed by atoms with E-state index >= 15 is 0 Å². The summed E-state index contributed by atoms with van der Waals surface area (Å²) in [6.45, 7) is 7.93. The number of likely N-dealkylation sites (N-methyl/N-ethyl adjacent to an activating group) is 1. The molecule has 6 heteroatoms. The molecule has 2 N–H and O–H groups in total. The molecule has 1 aromatic carbocycles. The standard InChI is InChI=1S/C12H23NO.C11H14FNOS/c1-8-4-9-5-10(11(8)13-3)7-12(2,14)6-9;1-11(2,8-14)13(3)15-10-7-5-4-6-9(10)12/h8-11,13-14H,4-7H2,1-3H3;4-8H,1-3H3. The van der Waals surface area contributed by atoms with Crippen molar-refractivity contribution in [2.45, 2.75) is 75.5 Å². The first-order valence-corrected chi connectivity index (χ1v) is 11.3. The van der Waals surface area contributed by atoms with Crippen LogP contribution in [0.1, 0.15) is 53.4 Å². The van der Waals surface area contributed by atoms with Gasteiger partial charge in [0, 0.05) is 6.04 Å². The van der Waals surface area contributed by atoms with Crippen molar-refractivity contribution in [1.82, 2.24) is 9.62 Å². The normalized spacial score (nSPS) is 31.8. The molecule has 5 atom stereocenters. The van der Waals surface area contributed by atoms with Crippen LogP contribution in [0.4, 0.5) is 4.39 Å². The van der Waals surface area contributed by atoms with Gasteiger partial charge >= 0.3 is 0 Å². The lowest BCUT2D eigenvalue weighted by Crippen LogP contribution is -2.51. The van der Waals surface area contributed by atoms with Crippen LogP contribution in [0.5, 0.6) is 0 Å². The maximum atomic E-state index is 13.3. The Morgan fingerprint density at radius 1 is 1.31 bits per heavy atom. The monoisotopic (exact) mass is 424 g/mol. The van der Waals surface area contributed by atoms with Crippen LogP contribution in [0, 0.1) is 23.6 Å². The van der Waals surface area contributed by atoms with Gasteiger partial charge in [0.15, 0.2) is 0 Å². The van der Waals surface area contributed by atoms with Gasteiger partial charge in [-0.2, -0.15) is 0 Å². The highest BCUT2D eigenvalue weighted by Gasteiger charge is 2.44. The Kier molecular flexibility index (Phi) is 8.31. The number of halogens is 1. The van der Waals surface area contributed by atoms with Crippen LogP contribution in [0.15, 0.2) is 29.2 Å². The molecule has 2 aliphatic rings. The first-order valence-electron chi connectivity index (χ1n) is 10.5. The van der Waals surface area contributed by atoms with Crippen LogP contribution >= 0.6 is 11.9 Å². The number of carbonyl (C=O) groups is 1. The van der Waals surface area contributed by atoms with E-state index in [4.69, 9.17) is 0 Å². The Bertz CT molecular complexity index is 681. The molecule has 29 heavy (non-hydrogen) atoms. The minimum absolute atomic E-state index is 0.268. The van der Waals surface area contributed by atoms with Crippen molar-refractivity contribution in [3.63, 3.8) is 0 Å². The predicted octanol–water partition coefficient (Wildman–Crippen LogP) is 4.52. The van der Waals surface area contributed by atoms with Crippen molar-refractivity contribution in [3.8, 4) is 0 Å². The summed E-state index contributed by atoms with van der Waals surface area (Å²) in [6, 6.07) is 7.14. The van der Waals surface area contributed by atoms with E-state index in [2.05, 4.69) is 19.3 Å². The molecule has 0 aliphatic heterocycles. The van der Waals surface area contributed by atoms with Gasteiger partial charge in [0.2, 0.25) is 0 Å². The van der Waals surface area contributed by atoms with Crippen molar-refractivity contribution in [3.05, 3.63) is 30.1 Å². The molecule has 164 valence electrons. The molecular formula is C23H37FN2O2S. The quantitative estimate of drug-likeness (QED) is 0.537. The van der Waals surface area contributed by atoms with Gasteiger partial charge in [-0.15, -0.1) is 0 Å². The lowest BCUT2D eigenvalue weighted by molar-refractivity contribution is -0.113. The van der Waals surface area contributed by atoms with E-state index in [9.17, 15) is 14.3 Å². The Balaban J connectivity index is 0.000000207. The maximum Gasteiger partial charge on any atom is 0.140 e. The third kappa shape index (κ3) is 6.51. The Labute approximate surface area is 179 Å². The fourth-order valence-electron chi connectivity index (χ4n) is 4.83. The smallest absolute Gasteiger partial charge is 0.140 e. The third-order valence-corrected chi connectivity index (χ3v) is 7.67. The number of carbonyl (C=O) groups excluding carboxylic acids is 1. The van der Waals surface area contributed by atoms with Gasteiger partial charge in [-0.1, -0.05) is 19.1 Å². The van der Waals surface area contributed by atoms with Gasteiger partial charge in [0.05, 0.1) is 16.0 Å². The van der Waals surface area contributed by atoms with Crippen LogP contribution in [-0.4, -0.2) is 47.0 Å². The SMILES string of the molecule is CN(Sc1ccccc1F)C(C)(C)C=O.CNC1C(C)CC2CC1CC(C)(O)C2. The average Bonchev–Trinajstić information content (AvgIpc) is 2.62. The molecule has 0 heterocycles. The summed E-state index contributed by atoms with van der Waals surface area (Å²) in [5.41, 5.74) is -1.00. The first kappa shape index (κ1) is 24.3. The number of nitrogens with zero attached hydrogens (tertiary/aromatic N) is 1. The second kappa shape index (κ2) is 9.90. The molecule has 5 unspecified atom stereocenters. The van der Waals surface area contributed by atoms with Gasteiger partial charge in [-0.05, 0) is 102 Å². The number of aldehydes is 1. The molecule has 2 saturated carbocycles. The van der Waals surface area contributed by atoms with Crippen molar-refractivity contribution in [2.24, 2.45) is 17.8 Å². The van der Waals surface area contributed by atoms with E-state index in [-0.39, 0.29) is 5.82 Å². The van der Waals surface area contributed by atoms with Gasteiger partial charge in [-0.3, -0.25) is 0 Å². The second-order valence-corrected chi connectivity index (χ2v) is 10.8. The number of rotatable bonds is 5. The van der Waals surface area contributed by atoms with Crippen molar-refractivity contribution in [2.75, 3.05) is 14.1 Å². The second-order valence-electron chi connectivity index (χ2n) is 9.59. The zero-order valence-corrected chi connectivity index (χ0v) is 19.4. The molecule has 2 fully saturated rings. The summed E-state index contributed by atoms with van der Waals surface area (Å²) < 4.78 is 15.0. The first-order chi connectivity index (χ1) is 13.5. The van der Waals surface area contributed by atoms with E-state index < -0.39 is 11.1 Å². The number of benzene rings is 1. The van der Waals surface area contributed by atoms with E-state index in [1.165, 1.54) is 30.9 Å². The van der Waals surface area contributed by atoms with Gasteiger partial charge in [0.1, 0.15) is 12.1 Å². The minimum atomic E-state index is -0.604. The highest BCUT2D eigenvalue weighted by Crippen LogP contribution is 2.46. The van der Waals surface area contributed by atoms with Crippen LogP contribution in [0.3, 0.4) is 0 Å². The van der Waals surface area contributed by atoms with Crippen molar-refractivity contribution < 1.29 is 14.3 Å². The van der Waals surface area contributed by atoms with E-state index in [0.29, 0.717) is 16.9 Å². The van der Waals surface area contributed by atoms with E-state index in [1.54, 1.807) is 43.4 Å². The number of hydrogen-bond acceptors (Lipinski definition) is 5. The van der Waals surface area contributed by atoms with Crippen LogP contribution in [-0.2, 0) is 4.79 Å². The molecule has 3 rings (SSSR count). The fourth-order valence-corrected chi connectivity index (χ4v) is 5.70.